The number of rotatable bonds is 4. The van der Waals surface area contributed by atoms with Gasteiger partial charge in [0.1, 0.15) is 6.04 Å². The molecule has 0 bridgehead atoms. The molecular formula is C18H17F4N5OS. The lowest BCUT2D eigenvalue weighted by Gasteiger charge is -2.36. The van der Waals surface area contributed by atoms with Gasteiger partial charge in [-0.1, -0.05) is 6.07 Å². The Labute approximate surface area is 166 Å². The van der Waals surface area contributed by atoms with E-state index in [4.69, 9.17) is 5.73 Å². The lowest BCUT2D eigenvalue weighted by molar-refractivity contribution is -0.0674. The Balaban J connectivity index is 1.69. The van der Waals surface area contributed by atoms with Gasteiger partial charge in [-0.15, -0.1) is 11.3 Å². The molecule has 11 heteroatoms. The number of fused-ring (bicyclic) bond motifs is 1. The maximum Gasteiger partial charge on any atom is 0.280 e. The molecule has 0 aromatic carbocycles. The second-order valence-electron chi connectivity index (χ2n) is 6.89. The number of thiazole rings is 1. The number of nitrogens with two attached hydrogens (primary N) is 1. The van der Waals surface area contributed by atoms with Crippen LogP contribution < -0.4 is 11.1 Å². The summed E-state index contributed by atoms with van der Waals surface area (Å²) in [6.07, 6.45) is 0.345. The highest BCUT2D eigenvalue weighted by atomic mass is 32.1. The molecule has 1 aliphatic rings. The summed E-state index contributed by atoms with van der Waals surface area (Å²) in [5, 5.41) is 5.98. The van der Waals surface area contributed by atoms with Crippen LogP contribution in [0.4, 0.5) is 17.6 Å². The summed E-state index contributed by atoms with van der Waals surface area (Å²) in [6, 6.07) is 2.64. The van der Waals surface area contributed by atoms with Gasteiger partial charge >= 0.3 is 0 Å². The zero-order valence-electron chi connectivity index (χ0n) is 15.0. The van der Waals surface area contributed by atoms with Crippen LogP contribution >= 0.6 is 11.3 Å². The van der Waals surface area contributed by atoms with Crippen LogP contribution in [0.1, 0.15) is 40.4 Å². The summed E-state index contributed by atoms with van der Waals surface area (Å²) in [4.78, 5) is 16.2. The van der Waals surface area contributed by atoms with Gasteiger partial charge in [0.05, 0.1) is 22.3 Å². The lowest BCUT2D eigenvalue weighted by atomic mass is 9.87. The molecule has 1 aliphatic carbocycles. The highest BCUT2D eigenvalue weighted by Gasteiger charge is 2.46. The Morgan fingerprint density at radius 1 is 1.38 bits per heavy atom. The summed E-state index contributed by atoms with van der Waals surface area (Å²) in [7, 11) is 0. The van der Waals surface area contributed by atoms with E-state index >= 15 is 0 Å². The Morgan fingerprint density at radius 2 is 2.17 bits per heavy atom. The molecule has 3 N–H and O–H groups in total. The van der Waals surface area contributed by atoms with Crippen LogP contribution in [-0.2, 0) is 0 Å². The van der Waals surface area contributed by atoms with Gasteiger partial charge in [0.15, 0.2) is 5.01 Å². The maximum absolute atomic E-state index is 14.2. The van der Waals surface area contributed by atoms with E-state index in [0.717, 1.165) is 0 Å². The van der Waals surface area contributed by atoms with E-state index in [1.165, 1.54) is 10.7 Å². The highest BCUT2D eigenvalue weighted by molar-refractivity contribution is 7.14. The number of pyridine rings is 1. The molecule has 4 rings (SSSR count). The van der Waals surface area contributed by atoms with Crippen LogP contribution in [0.15, 0.2) is 30.6 Å². The summed E-state index contributed by atoms with van der Waals surface area (Å²) in [5.41, 5.74) is 6.54. The first kappa shape index (κ1) is 19.8. The Hall–Kier alpha value is -2.53. The number of hydrogen-bond donors (Lipinski definition) is 2. The molecule has 29 heavy (non-hydrogen) atoms. The SMILES string of the molecule is N[C@H]1CCCC(F)(F)[C@@H]1NC(=O)c1nc(-c2cnn3ccccc23)c(C(F)F)s1. The third-order valence-electron chi connectivity index (χ3n) is 4.94. The monoisotopic (exact) mass is 427 g/mol. The highest BCUT2D eigenvalue weighted by Crippen LogP contribution is 2.38. The van der Waals surface area contributed by atoms with Crippen molar-refractivity contribution in [3.63, 3.8) is 0 Å². The van der Waals surface area contributed by atoms with Gasteiger partial charge in [0, 0.05) is 24.2 Å². The van der Waals surface area contributed by atoms with E-state index in [9.17, 15) is 22.4 Å². The number of alkyl halides is 4. The average molecular weight is 427 g/mol. The topological polar surface area (TPSA) is 85.3 Å². The molecule has 1 saturated carbocycles. The van der Waals surface area contributed by atoms with E-state index in [1.54, 1.807) is 24.4 Å². The first-order valence-corrected chi connectivity index (χ1v) is 9.75. The minimum absolute atomic E-state index is 0.0870. The first-order chi connectivity index (χ1) is 13.8. The van der Waals surface area contributed by atoms with Crippen molar-refractivity contribution in [1.29, 1.82) is 0 Å². The van der Waals surface area contributed by atoms with E-state index in [0.29, 0.717) is 28.8 Å². The van der Waals surface area contributed by atoms with Crippen LogP contribution in [0.25, 0.3) is 16.8 Å². The molecule has 3 aromatic heterocycles. The second kappa shape index (κ2) is 7.38. The normalized spacial score (nSPS) is 21.6. The second-order valence-corrected chi connectivity index (χ2v) is 7.92. The van der Waals surface area contributed by atoms with Gasteiger partial charge in [-0.25, -0.2) is 27.1 Å². The minimum atomic E-state index is -3.17. The molecule has 3 aromatic rings. The summed E-state index contributed by atoms with van der Waals surface area (Å²) in [5.74, 6) is -4.11. The van der Waals surface area contributed by atoms with Gasteiger partial charge in [-0.3, -0.25) is 4.79 Å². The Kier molecular flexibility index (Phi) is 5.03. The zero-order chi connectivity index (χ0) is 20.8. The predicted octanol–water partition coefficient (Wildman–Crippen LogP) is 3.64. The van der Waals surface area contributed by atoms with E-state index in [-0.39, 0.29) is 23.5 Å². The van der Waals surface area contributed by atoms with Crippen LogP contribution in [-0.4, -0.2) is 38.5 Å². The molecule has 0 radical (unpaired) electrons. The molecule has 0 aliphatic heterocycles. The lowest BCUT2D eigenvalue weighted by Crippen LogP contribution is -2.59. The molecular weight excluding hydrogens is 410 g/mol. The summed E-state index contributed by atoms with van der Waals surface area (Å²) in [6.45, 7) is 0. The molecule has 0 spiro atoms. The van der Waals surface area contributed by atoms with Crippen LogP contribution in [0.2, 0.25) is 0 Å². The largest absolute Gasteiger partial charge is 0.340 e. The molecule has 1 amide bonds. The number of carbonyl (C=O) groups excluding carboxylic acids is 1. The summed E-state index contributed by atoms with van der Waals surface area (Å²) >= 11 is 0.477. The first-order valence-electron chi connectivity index (χ1n) is 8.94. The van der Waals surface area contributed by atoms with Crippen molar-refractivity contribution in [3.8, 4) is 11.3 Å². The fourth-order valence-corrected chi connectivity index (χ4v) is 4.35. The fraction of sp³-hybridized carbons (Fsp3) is 0.389. The van der Waals surface area contributed by atoms with Gasteiger partial charge in [-0.2, -0.15) is 5.10 Å². The van der Waals surface area contributed by atoms with E-state index in [1.807, 2.05) is 0 Å². The number of halogens is 4. The van der Waals surface area contributed by atoms with Crippen molar-refractivity contribution in [1.82, 2.24) is 19.9 Å². The molecule has 3 heterocycles. The third kappa shape index (κ3) is 3.60. The quantitative estimate of drug-likeness (QED) is 0.623. The van der Waals surface area contributed by atoms with Crippen LogP contribution in [0.5, 0.6) is 0 Å². The minimum Gasteiger partial charge on any atom is -0.340 e. The van der Waals surface area contributed by atoms with Gasteiger partial charge in [0.2, 0.25) is 0 Å². The average Bonchev–Trinajstić information content (AvgIpc) is 3.28. The third-order valence-corrected chi connectivity index (χ3v) is 6.01. The molecule has 154 valence electrons. The van der Waals surface area contributed by atoms with Gasteiger partial charge in [-0.05, 0) is 25.0 Å². The predicted molar refractivity (Wildman–Crippen MR) is 99.3 cm³/mol. The van der Waals surface area contributed by atoms with Crippen LogP contribution in [0, 0.1) is 0 Å². The van der Waals surface area contributed by atoms with Crippen molar-refractivity contribution in [2.24, 2.45) is 5.73 Å². The van der Waals surface area contributed by atoms with Crippen molar-refractivity contribution in [2.75, 3.05) is 0 Å². The number of amides is 1. The molecule has 0 unspecified atom stereocenters. The Morgan fingerprint density at radius 3 is 2.90 bits per heavy atom. The van der Waals surface area contributed by atoms with Crippen molar-refractivity contribution in [3.05, 3.63) is 40.5 Å². The maximum atomic E-state index is 14.2. The molecule has 6 nitrogen and oxygen atoms in total. The number of carbonyl (C=O) groups is 1. The van der Waals surface area contributed by atoms with E-state index in [2.05, 4.69) is 15.4 Å². The summed E-state index contributed by atoms with van der Waals surface area (Å²) < 4.78 is 57.0. The number of nitrogens with one attached hydrogen (secondary N) is 1. The van der Waals surface area contributed by atoms with Gasteiger partial charge in [0.25, 0.3) is 18.3 Å². The smallest absolute Gasteiger partial charge is 0.280 e. The van der Waals surface area contributed by atoms with Crippen molar-refractivity contribution < 1.29 is 22.4 Å². The van der Waals surface area contributed by atoms with Crippen LogP contribution in [0.3, 0.4) is 0 Å². The number of hydrogen-bond acceptors (Lipinski definition) is 5. The zero-order valence-corrected chi connectivity index (χ0v) is 15.8. The molecule has 0 saturated heterocycles. The van der Waals surface area contributed by atoms with Crippen molar-refractivity contribution in [2.45, 2.75) is 43.7 Å². The molecule has 2 atom stereocenters. The number of aromatic nitrogens is 3. The fourth-order valence-electron chi connectivity index (χ4n) is 3.51. The van der Waals surface area contributed by atoms with Gasteiger partial charge < -0.3 is 11.1 Å². The van der Waals surface area contributed by atoms with Crippen molar-refractivity contribution >= 4 is 22.8 Å². The standard InChI is InChI=1S/C18H17F4N5OS/c19-15(20)13-12(9-8-24-27-7-2-1-5-11(9)27)25-17(29-13)16(28)26-14-10(23)4-3-6-18(14,21)22/h1-2,5,7-8,10,14-15H,3-4,6,23H2,(H,26,28)/t10-,14+/m0/s1. The van der Waals surface area contributed by atoms with E-state index < -0.39 is 35.2 Å². The number of nitrogens with zero attached hydrogens (tertiary/aromatic N) is 3. The Bertz CT molecular complexity index is 1050. The molecule has 1 fully saturated rings.